The minimum Gasteiger partial charge on any atom is -0.458 e. The Morgan fingerprint density at radius 2 is 2.00 bits per heavy atom. The van der Waals surface area contributed by atoms with Gasteiger partial charge in [0.2, 0.25) is 11.7 Å². The van der Waals surface area contributed by atoms with Crippen molar-refractivity contribution < 1.29 is 40.7 Å². The number of aliphatic hydroxyl groups is 1. The number of aromatic amines is 1. The third-order valence-electron chi connectivity index (χ3n) is 5.90. The van der Waals surface area contributed by atoms with Crippen molar-refractivity contribution in [2.24, 2.45) is 0 Å². The number of carbonyl (C=O) groups excluding carboxylic acids is 1. The summed E-state index contributed by atoms with van der Waals surface area (Å²) in [6, 6.07) is 3.76. The van der Waals surface area contributed by atoms with Crippen LogP contribution >= 0.6 is 0 Å². The number of aromatic nitrogens is 3. The van der Waals surface area contributed by atoms with Crippen LogP contribution in [0.3, 0.4) is 0 Å². The maximum Gasteiger partial charge on any atom is 0.420 e. The Kier molecular flexibility index (Phi) is 5.43. The normalized spacial score (nSPS) is 16.7. The molecule has 36 heavy (non-hydrogen) atoms. The van der Waals surface area contributed by atoms with E-state index in [2.05, 4.69) is 15.0 Å². The Hall–Kier alpha value is -3.74. The lowest BCUT2D eigenvalue weighted by molar-refractivity contribution is -0.136. The number of furan rings is 1. The molecule has 13 heteroatoms. The van der Waals surface area contributed by atoms with E-state index < -0.39 is 58.6 Å². The Balaban J connectivity index is 1.64. The van der Waals surface area contributed by atoms with Crippen LogP contribution in [0.2, 0.25) is 0 Å². The molecule has 5 rings (SSSR count). The smallest absolute Gasteiger partial charge is 0.420 e. The molecule has 3 aromatic heterocycles. The van der Waals surface area contributed by atoms with Gasteiger partial charge in [-0.1, -0.05) is 12.1 Å². The summed E-state index contributed by atoms with van der Waals surface area (Å²) in [5.74, 6) is -2.29. The quantitative estimate of drug-likeness (QED) is 0.369. The van der Waals surface area contributed by atoms with Crippen LogP contribution in [0.15, 0.2) is 39.4 Å². The number of fused-ring (bicyclic) bond motifs is 2. The van der Waals surface area contributed by atoms with Gasteiger partial charge in [-0.25, -0.2) is 18.7 Å². The van der Waals surface area contributed by atoms with E-state index in [4.69, 9.17) is 8.83 Å². The average molecular weight is 510 g/mol. The molecule has 1 aliphatic rings. The zero-order chi connectivity index (χ0) is 26.0. The molecule has 0 saturated heterocycles. The number of rotatable bonds is 4. The van der Waals surface area contributed by atoms with Crippen LogP contribution in [0.4, 0.5) is 22.0 Å². The van der Waals surface area contributed by atoms with Crippen LogP contribution in [0.25, 0.3) is 11.0 Å². The van der Waals surface area contributed by atoms with E-state index in [0.717, 1.165) is 11.0 Å². The van der Waals surface area contributed by atoms with E-state index >= 15 is 0 Å². The van der Waals surface area contributed by atoms with Crippen molar-refractivity contribution in [3.63, 3.8) is 0 Å². The highest BCUT2D eigenvalue weighted by Gasteiger charge is 2.42. The molecule has 1 aliphatic heterocycles. The van der Waals surface area contributed by atoms with Crippen molar-refractivity contribution >= 4 is 16.9 Å². The van der Waals surface area contributed by atoms with Crippen LogP contribution in [0.5, 0.6) is 0 Å². The van der Waals surface area contributed by atoms with E-state index in [1.54, 1.807) is 0 Å². The van der Waals surface area contributed by atoms with E-state index in [-0.39, 0.29) is 24.1 Å². The second kappa shape index (κ2) is 8.15. The number of oxazole rings is 1. The fourth-order valence-electron chi connectivity index (χ4n) is 4.25. The number of benzene rings is 1. The van der Waals surface area contributed by atoms with Crippen molar-refractivity contribution in [1.29, 1.82) is 0 Å². The molecule has 0 radical (unpaired) electrons. The Morgan fingerprint density at radius 1 is 1.25 bits per heavy atom. The highest BCUT2D eigenvalue weighted by molar-refractivity contribution is 5.93. The lowest BCUT2D eigenvalue weighted by atomic mass is 9.99. The number of hydrogen-bond donors (Lipinski definition) is 2. The van der Waals surface area contributed by atoms with Crippen molar-refractivity contribution in [2.45, 2.75) is 44.5 Å². The number of hydrogen-bond acceptors (Lipinski definition) is 6. The van der Waals surface area contributed by atoms with E-state index in [9.17, 15) is 31.9 Å². The summed E-state index contributed by atoms with van der Waals surface area (Å²) >= 11 is 0. The molecule has 1 aromatic carbocycles. The molecule has 0 aliphatic carbocycles. The average Bonchev–Trinajstić information content (AvgIpc) is 3.53. The standard InChI is InChI=1S/C23H19F5N4O4/c1-22(2,34)21-31-15(19(24)25)18(36-21)20(33)32-7-6-12-14(30-9-29-12)16(32)13-8-10-4-3-5-11(17(10)35-13)23(26,27)28/h3-5,8-9,16,19,34H,6-7H2,1-2H3,(H,29,30)/t16-/m1/s1. The molecule has 0 unspecified atom stereocenters. The molecule has 4 aromatic rings. The molecule has 190 valence electrons. The number of amides is 1. The predicted molar refractivity (Wildman–Crippen MR) is 113 cm³/mol. The summed E-state index contributed by atoms with van der Waals surface area (Å²) in [6.07, 6.45) is -6.25. The van der Waals surface area contributed by atoms with Gasteiger partial charge in [0, 0.05) is 24.0 Å². The van der Waals surface area contributed by atoms with Crippen LogP contribution in [-0.4, -0.2) is 37.4 Å². The molecule has 0 spiro atoms. The third-order valence-corrected chi connectivity index (χ3v) is 5.90. The summed E-state index contributed by atoms with van der Waals surface area (Å²) in [4.78, 5) is 25.4. The second-order valence-electron chi connectivity index (χ2n) is 8.88. The Bertz CT molecular complexity index is 1450. The minimum absolute atomic E-state index is 0.0108. The number of alkyl halides is 5. The van der Waals surface area contributed by atoms with Crippen LogP contribution in [-0.2, 0) is 18.2 Å². The van der Waals surface area contributed by atoms with Crippen LogP contribution < -0.4 is 0 Å². The number of halogens is 5. The Labute approximate surface area is 199 Å². The van der Waals surface area contributed by atoms with Crippen LogP contribution in [0.1, 0.15) is 71.2 Å². The van der Waals surface area contributed by atoms with Gasteiger partial charge in [-0.05, 0) is 26.0 Å². The van der Waals surface area contributed by atoms with Crippen molar-refractivity contribution in [3.05, 3.63) is 70.6 Å². The fourth-order valence-corrected chi connectivity index (χ4v) is 4.25. The second-order valence-corrected chi connectivity index (χ2v) is 8.88. The van der Waals surface area contributed by atoms with Gasteiger partial charge in [0.05, 0.1) is 17.6 Å². The predicted octanol–water partition coefficient (Wildman–Crippen LogP) is 5.12. The van der Waals surface area contributed by atoms with Gasteiger partial charge in [-0.2, -0.15) is 13.2 Å². The third kappa shape index (κ3) is 3.92. The van der Waals surface area contributed by atoms with Gasteiger partial charge in [0.25, 0.3) is 12.3 Å². The zero-order valence-corrected chi connectivity index (χ0v) is 18.9. The summed E-state index contributed by atoms with van der Waals surface area (Å²) in [5, 5.41) is 10.3. The minimum atomic E-state index is -4.69. The molecule has 0 saturated carbocycles. The molecular formula is C23H19F5N4O4. The van der Waals surface area contributed by atoms with E-state index in [1.807, 2.05) is 0 Å². The number of nitrogens with zero attached hydrogens (tertiary/aromatic N) is 3. The molecule has 0 fully saturated rings. The van der Waals surface area contributed by atoms with E-state index in [1.165, 1.54) is 38.4 Å². The van der Waals surface area contributed by atoms with E-state index in [0.29, 0.717) is 11.4 Å². The summed E-state index contributed by atoms with van der Waals surface area (Å²) < 4.78 is 79.1. The fraction of sp³-hybridized carbons (Fsp3) is 0.348. The number of carbonyl (C=O) groups is 1. The largest absolute Gasteiger partial charge is 0.458 e. The number of para-hydroxylation sites is 1. The molecule has 2 N–H and O–H groups in total. The van der Waals surface area contributed by atoms with Gasteiger partial charge in [0.15, 0.2) is 5.69 Å². The molecule has 1 atom stereocenters. The van der Waals surface area contributed by atoms with Gasteiger partial charge in [-0.3, -0.25) is 4.79 Å². The Morgan fingerprint density at radius 3 is 2.67 bits per heavy atom. The lowest BCUT2D eigenvalue weighted by Gasteiger charge is -2.33. The lowest BCUT2D eigenvalue weighted by Crippen LogP contribution is -2.40. The monoisotopic (exact) mass is 510 g/mol. The van der Waals surface area contributed by atoms with Crippen LogP contribution in [0, 0.1) is 0 Å². The zero-order valence-electron chi connectivity index (χ0n) is 18.9. The molecule has 1 amide bonds. The van der Waals surface area contributed by atoms with Crippen molar-refractivity contribution in [3.8, 4) is 0 Å². The number of imidazole rings is 1. The summed E-state index contributed by atoms with van der Waals surface area (Å²) in [6.45, 7) is 2.51. The molecular weight excluding hydrogens is 491 g/mol. The summed E-state index contributed by atoms with van der Waals surface area (Å²) in [7, 11) is 0. The van der Waals surface area contributed by atoms with Gasteiger partial charge < -0.3 is 23.8 Å². The SMILES string of the molecule is CC(C)(O)c1nc(C(F)F)c(C(=O)N2CCc3[nH]cnc3[C@H]2c2cc3cccc(C(F)(F)F)c3o2)o1. The topological polar surface area (TPSA) is 108 Å². The first-order valence-corrected chi connectivity index (χ1v) is 10.8. The highest BCUT2D eigenvalue weighted by atomic mass is 19.4. The van der Waals surface area contributed by atoms with Gasteiger partial charge in [0.1, 0.15) is 23.0 Å². The molecule has 8 nitrogen and oxygen atoms in total. The highest BCUT2D eigenvalue weighted by Crippen LogP contribution is 2.41. The number of nitrogens with one attached hydrogen (secondary N) is 1. The maximum absolute atomic E-state index is 13.7. The first-order chi connectivity index (χ1) is 16.9. The summed E-state index contributed by atoms with van der Waals surface area (Å²) in [5.41, 5.74) is -3.20. The first-order valence-electron chi connectivity index (χ1n) is 10.8. The van der Waals surface area contributed by atoms with Gasteiger partial charge >= 0.3 is 6.18 Å². The molecule has 4 heterocycles. The van der Waals surface area contributed by atoms with Gasteiger partial charge in [-0.15, -0.1) is 0 Å². The first kappa shape index (κ1) is 24.0. The van der Waals surface area contributed by atoms with Crippen molar-refractivity contribution in [1.82, 2.24) is 19.9 Å². The maximum atomic E-state index is 13.7. The van der Waals surface area contributed by atoms with Crippen molar-refractivity contribution in [2.75, 3.05) is 6.54 Å². The number of H-pyrrole nitrogens is 1. The molecule has 0 bridgehead atoms.